The number of nitrogens with zero attached hydrogens (tertiary/aromatic N) is 2. The first-order valence-corrected chi connectivity index (χ1v) is 15.4. The van der Waals surface area contributed by atoms with Crippen molar-refractivity contribution in [1.82, 2.24) is 10.3 Å². The summed E-state index contributed by atoms with van der Waals surface area (Å²) in [6, 6.07) is 33.1. The number of aromatic nitrogens is 1. The van der Waals surface area contributed by atoms with Crippen LogP contribution in [0.1, 0.15) is 47.6 Å². The highest BCUT2D eigenvalue weighted by molar-refractivity contribution is 6.30. The summed E-state index contributed by atoms with van der Waals surface area (Å²) in [5.41, 5.74) is 4.96. The second kappa shape index (κ2) is 15.4. The summed E-state index contributed by atoms with van der Waals surface area (Å²) in [5.74, 6) is -3.26. The fraction of sp³-hybridized carbons (Fsp3) is 0.243. The summed E-state index contributed by atoms with van der Waals surface area (Å²) in [6.07, 6.45) is 2.97. The highest BCUT2D eigenvalue weighted by atomic mass is 35.5. The van der Waals surface area contributed by atoms with E-state index in [0.29, 0.717) is 53.6 Å². The summed E-state index contributed by atoms with van der Waals surface area (Å²) in [4.78, 5) is 35.7. The third-order valence-electron chi connectivity index (χ3n) is 8.02. The Hall–Kier alpha value is -4.59. The molecule has 230 valence electrons. The van der Waals surface area contributed by atoms with E-state index in [0.717, 1.165) is 16.8 Å². The molecule has 2 unspecified atom stereocenters. The summed E-state index contributed by atoms with van der Waals surface area (Å²) in [5, 5.41) is 14.0. The van der Waals surface area contributed by atoms with Crippen molar-refractivity contribution in [2.75, 3.05) is 19.8 Å². The molecule has 1 aromatic heterocycles. The number of nitrogens with one attached hydrogen (secondary N) is 1. The van der Waals surface area contributed by atoms with Crippen LogP contribution in [0.15, 0.2) is 126 Å². The first-order valence-electron chi connectivity index (χ1n) is 15.0. The van der Waals surface area contributed by atoms with E-state index < -0.39 is 17.8 Å². The van der Waals surface area contributed by atoms with Gasteiger partial charge >= 0.3 is 5.97 Å². The molecule has 0 aliphatic carbocycles. The lowest BCUT2D eigenvalue weighted by atomic mass is 9.75. The molecule has 0 saturated heterocycles. The number of hydrogen-bond donors (Lipinski definition) is 2. The minimum absolute atomic E-state index is 0.0168. The van der Waals surface area contributed by atoms with Crippen LogP contribution in [0.5, 0.6) is 0 Å². The zero-order chi connectivity index (χ0) is 31.6. The Balaban J connectivity index is 1.38. The zero-order valence-corrected chi connectivity index (χ0v) is 25.9. The molecule has 0 fully saturated rings. The zero-order valence-electron chi connectivity index (χ0n) is 25.1. The Kier molecular flexibility index (Phi) is 10.9. The van der Waals surface area contributed by atoms with Gasteiger partial charge in [-0.25, -0.2) is 0 Å². The van der Waals surface area contributed by atoms with E-state index >= 15 is 0 Å². The average Bonchev–Trinajstić information content (AvgIpc) is 3.05. The number of carboxylic acids is 1. The van der Waals surface area contributed by atoms with E-state index in [4.69, 9.17) is 16.3 Å². The number of carboxylic acid groups (broad SMARTS) is 1. The molecular formula is C37H36ClN3O4. The van der Waals surface area contributed by atoms with Gasteiger partial charge in [0.15, 0.2) is 0 Å². The maximum Gasteiger partial charge on any atom is 0.313 e. The van der Waals surface area contributed by atoms with Crippen LogP contribution < -0.4 is 5.32 Å². The van der Waals surface area contributed by atoms with Crippen molar-refractivity contribution in [3.8, 4) is 0 Å². The standard InChI is InChI=1S/C37H36ClN3O4/c1-25-33(36(42)40-21-18-31(26-11-4-2-5-12-26)27-13-6-3-7-14-27)34(28-15-10-16-29(38)23-28)35(37(43)44)32(41-25)24-45-22-19-30-17-8-9-20-39-30/h2-17,20,23,31,34-35H,18-19,21-22,24H2,1H3,(H,40,42)(H,43,44). The molecule has 1 amide bonds. The van der Waals surface area contributed by atoms with Gasteiger partial charge in [-0.05, 0) is 54.3 Å². The molecule has 0 bridgehead atoms. The molecule has 45 heavy (non-hydrogen) atoms. The van der Waals surface area contributed by atoms with Crippen LogP contribution >= 0.6 is 11.6 Å². The smallest absolute Gasteiger partial charge is 0.313 e. The van der Waals surface area contributed by atoms with Crippen LogP contribution in [-0.2, 0) is 20.7 Å². The Bertz CT molecular complexity index is 1620. The number of carbonyl (C=O) groups excluding carboxylic acids is 1. The second-order valence-corrected chi connectivity index (χ2v) is 11.4. The SMILES string of the molecule is CC1=C(C(=O)NCCC(c2ccccc2)c2ccccc2)C(c2cccc(Cl)c2)C(C(=O)O)C(COCCc2ccccn2)=N1. The van der Waals surface area contributed by atoms with Gasteiger partial charge in [-0.1, -0.05) is 90.5 Å². The molecule has 2 heterocycles. The van der Waals surface area contributed by atoms with Gasteiger partial charge in [0, 0.05) is 53.0 Å². The normalized spacial score (nSPS) is 16.4. The number of ether oxygens (including phenoxy) is 1. The Labute approximate surface area is 268 Å². The van der Waals surface area contributed by atoms with Crippen LogP contribution in [0, 0.1) is 5.92 Å². The maximum absolute atomic E-state index is 13.9. The summed E-state index contributed by atoms with van der Waals surface area (Å²) in [6.45, 7) is 2.50. The number of hydrogen-bond acceptors (Lipinski definition) is 5. The van der Waals surface area contributed by atoms with Crippen LogP contribution in [0.25, 0.3) is 0 Å². The van der Waals surface area contributed by atoms with E-state index in [-0.39, 0.29) is 18.4 Å². The first kappa shape index (κ1) is 31.8. The largest absolute Gasteiger partial charge is 0.481 e. The number of rotatable bonds is 13. The quantitative estimate of drug-likeness (QED) is 0.159. The third kappa shape index (κ3) is 8.12. The van der Waals surface area contributed by atoms with Gasteiger partial charge in [0.25, 0.3) is 0 Å². The molecule has 7 nitrogen and oxygen atoms in total. The summed E-state index contributed by atoms with van der Waals surface area (Å²) < 4.78 is 5.90. The van der Waals surface area contributed by atoms with Crippen molar-refractivity contribution in [3.05, 3.63) is 148 Å². The van der Waals surface area contributed by atoms with Crippen LogP contribution in [0.3, 0.4) is 0 Å². The molecule has 1 aliphatic heterocycles. The predicted molar refractivity (Wildman–Crippen MR) is 177 cm³/mol. The number of halogens is 1. The molecule has 3 aromatic carbocycles. The molecule has 2 N–H and O–H groups in total. The molecule has 4 aromatic rings. The Morgan fingerprint density at radius 3 is 2.24 bits per heavy atom. The van der Waals surface area contributed by atoms with E-state index in [2.05, 4.69) is 39.6 Å². The van der Waals surface area contributed by atoms with Crippen molar-refractivity contribution in [2.24, 2.45) is 10.9 Å². The van der Waals surface area contributed by atoms with E-state index in [1.807, 2.05) is 54.6 Å². The lowest BCUT2D eigenvalue weighted by Gasteiger charge is -2.32. The van der Waals surface area contributed by atoms with E-state index in [9.17, 15) is 14.7 Å². The van der Waals surface area contributed by atoms with Gasteiger partial charge in [0.05, 0.1) is 18.9 Å². The van der Waals surface area contributed by atoms with E-state index in [1.165, 1.54) is 0 Å². The maximum atomic E-state index is 13.9. The number of aliphatic carboxylic acids is 1. The van der Waals surface area contributed by atoms with Gasteiger partial charge < -0.3 is 15.2 Å². The van der Waals surface area contributed by atoms with Crippen molar-refractivity contribution in [2.45, 2.75) is 31.6 Å². The van der Waals surface area contributed by atoms with Crippen LogP contribution in [0.4, 0.5) is 0 Å². The van der Waals surface area contributed by atoms with Crippen molar-refractivity contribution in [3.63, 3.8) is 0 Å². The van der Waals surface area contributed by atoms with Crippen molar-refractivity contribution in [1.29, 1.82) is 0 Å². The number of amides is 1. The average molecular weight is 622 g/mol. The topological polar surface area (TPSA) is 101 Å². The minimum Gasteiger partial charge on any atom is -0.481 e. The van der Waals surface area contributed by atoms with Crippen LogP contribution in [0.2, 0.25) is 5.02 Å². The molecule has 0 spiro atoms. The van der Waals surface area contributed by atoms with E-state index in [1.54, 1.807) is 37.4 Å². The monoisotopic (exact) mass is 621 g/mol. The Morgan fingerprint density at radius 1 is 0.933 bits per heavy atom. The van der Waals surface area contributed by atoms with Gasteiger partial charge in [-0.3, -0.25) is 19.6 Å². The first-order chi connectivity index (χ1) is 21.9. The fourth-order valence-electron chi connectivity index (χ4n) is 5.92. The molecule has 2 atom stereocenters. The second-order valence-electron chi connectivity index (χ2n) is 11.0. The lowest BCUT2D eigenvalue weighted by molar-refractivity contribution is -0.140. The van der Waals surface area contributed by atoms with Crippen molar-refractivity contribution < 1.29 is 19.4 Å². The van der Waals surface area contributed by atoms with Crippen LogP contribution in [-0.4, -0.2) is 47.4 Å². The fourth-order valence-corrected chi connectivity index (χ4v) is 6.12. The highest BCUT2D eigenvalue weighted by Crippen LogP contribution is 2.40. The van der Waals surface area contributed by atoms with Gasteiger partial charge in [-0.15, -0.1) is 0 Å². The third-order valence-corrected chi connectivity index (χ3v) is 8.26. The molecule has 5 rings (SSSR count). The molecule has 0 radical (unpaired) electrons. The van der Waals surface area contributed by atoms with Gasteiger partial charge in [0.2, 0.25) is 5.91 Å². The number of allylic oxidation sites excluding steroid dienone is 1. The summed E-state index contributed by atoms with van der Waals surface area (Å²) in [7, 11) is 0. The van der Waals surface area contributed by atoms with Gasteiger partial charge in [-0.2, -0.15) is 0 Å². The number of aliphatic imine (C=N–C) groups is 1. The highest BCUT2D eigenvalue weighted by Gasteiger charge is 2.42. The molecule has 1 aliphatic rings. The number of benzene rings is 3. The van der Waals surface area contributed by atoms with Gasteiger partial charge in [0.1, 0.15) is 5.92 Å². The Morgan fingerprint density at radius 2 is 1.62 bits per heavy atom. The number of carbonyl (C=O) groups is 2. The molecule has 8 heteroatoms. The molecule has 0 saturated carbocycles. The lowest BCUT2D eigenvalue weighted by Crippen LogP contribution is -2.41. The molecular weight excluding hydrogens is 586 g/mol. The predicted octanol–water partition coefficient (Wildman–Crippen LogP) is 6.85. The van der Waals surface area contributed by atoms with Crippen molar-refractivity contribution >= 4 is 29.2 Å². The number of pyridine rings is 1. The summed E-state index contributed by atoms with van der Waals surface area (Å²) >= 11 is 6.36. The minimum atomic E-state index is -1.11.